The molecule has 3 unspecified atom stereocenters. The van der Waals surface area contributed by atoms with E-state index < -0.39 is 6.10 Å². The molecular formula is C9H18O3. The molecule has 0 spiro atoms. The molecule has 0 rings (SSSR count). The van der Waals surface area contributed by atoms with E-state index in [9.17, 15) is 5.11 Å². The predicted molar refractivity (Wildman–Crippen MR) is 48.0 cm³/mol. The Labute approximate surface area is 74.0 Å². The summed E-state index contributed by atoms with van der Waals surface area (Å²) in [5.74, 6) is 0.0417. The Morgan fingerprint density at radius 1 is 1.50 bits per heavy atom. The molecular weight excluding hydrogens is 156 g/mol. The van der Waals surface area contributed by atoms with Crippen molar-refractivity contribution in [2.24, 2.45) is 5.92 Å². The van der Waals surface area contributed by atoms with Gasteiger partial charge in [0.1, 0.15) is 0 Å². The highest BCUT2D eigenvalue weighted by molar-refractivity contribution is 4.87. The second-order valence-electron chi connectivity index (χ2n) is 2.80. The Morgan fingerprint density at radius 2 is 2.08 bits per heavy atom. The van der Waals surface area contributed by atoms with Crippen LogP contribution >= 0.6 is 0 Å². The Kier molecular flexibility index (Phi) is 5.98. The van der Waals surface area contributed by atoms with E-state index in [1.807, 2.05) is 0 Å². The highest BCUT2D eigenvalue weighted by atomic mass is 16.5. The van der Waals surface area contributed by atoms with Gasteiger partial charge in [0, 0.05) is 20.1 Å². The lowest BCUT2D eigenvalue weighted by Gasteiger charge is -2.24. The van der Waals surface area contributed by atoms with Gasteiger partial charge >= 0.3 is 0 Å². The number of aliphatic hydroxyl groups excluding tert-OH is 1. The molecule has 0 radical (unpaired) electrons. The van der Waals surface area contributed by atoms with E-state index in [4.69, 9.17) is 9.47 Å². The zero-order valence-corrected chi connectivity index (χ0v) is 7.99. The van der Waals surface area contributed by atoms with Crippen LogP contribution in [0.4, 0.5) is 0 Å². The maximum Gasteiger partial charge on any atom is 0.0911 e. The first kappa shape index (κ1) is 11.6. The van der Waals surface area contributed by atoms with Crippen LogP contribution in [-0.4, -0.2) is 38.1 Å². The van der Waals surface area contributed by atoms with Crippen molar-refractivity contribution in [2.45, 2.75) is 19.1 Å². The second-order valence-corrected chi connectivity index (χ2v) is 2.80. The molecule has 3 nitrogen and oxygen atoms in total. The topological polar surface area (TPSA) is 38.7 Å². The molecule has 0 amide bonds. The standard InChI is InChI=1S/C9H18O3/c1-5-8(6-11-3)9(12-4)7(2)10/h5,7-10H,1,6H2,2-4H3. The zero-order valence-electron chi connectivity index (χ0n) is 7.99. The van der Waals surface area contributed by atoms with Gasteiger partial charge in [0.2, 0.25) is 0 Å². The van der Waals surface area contributed by atoms with Gasteiger partial charge in [-0.2, -0.15) is 0 Å². The molecule has 0 saturated heterocycles. The van der Waals surface area contributed by atoms with Gasteiger partial charge in [-0.3, -0.25) is 0 Å². The number of rotatable bonds is 6. The van der Waals surface area contributed by atoms with E-state index in [2.05, 4.69) is 6.58 Å². The van der Waals surface area contributed by atoms with Gasteiger partial charge < -0.3 is 14.6 Å². The largest absolute Gasteiger partial charge is 0.391 e. The van der Waals surface area contributed by atoms with Crippen LogP contribution in [0.2, 0.25) is 0 Å². The van der Waals surface area contributed by atoms with Crippen molar-refractivity contribution >= 4 is 0 Å². The lowest BCUT2D eigenvalue weighted by Crippen LogP contribution is -2.34. The number of ether oxygens (including phenoxy) is 2. The van der Waals surface area contributed by atoms with Crippen molar-refractivity contribution in [3.05, 3.63) is 12.7 Å². The lowest BCUT2D eigenvalue weighted by atomic mass is 9.99. The second kappa shape index (κ2) is 6.17. The minimum atomic E-state index is -0.506. The summed E-state index contributed by atoms with van der Waals surface area (Å²) < 4.78 is 10.1. The molecule has 0 aliphatic carbocycles. The summed E-state index contributed by atoms with van der Waals surface area (Å²) in [5, 5.41) is 9.31. The van der Waals surface area contributed by atoms with Crippen LogP contribution in [0.25, 0.3) is 0 Å². The van der Waals surface area contributed by atoms with Gasteiger partial charge in [0.05, 0.1) is 18.8 Å². The van der Waals surface area contributed by atoms with Crippen LogP contribution in [0.3, 0.4) is 0 Å². The summed E-state index contributed by atoms with van der Waals surface area (Å²) in [6, 6.07) is 0. The molecule has 0 aliphatic rings. The Bertz CT molecular complexity index is 123. The molecule has 0 fully saturated rings. The predicted octanol–water partition coefficient (Wildman–Crippen LogP) is 0.831. The first-order valence-electron chi connectivity index (χ1n) is 3.99. The van der Waals surface area contributed by atoms with Crippen molar-refractivity contribution in [2.75, 3.05) is 20.8 Å². The van der Waals surface area contributed by atoms with Crippen LogP contribution < -0.4 is 0 Å². The third-order valence-corrected chi connectivity index (χ3v) is 1.83. The summed E-state index contributed by atoms with van der Waals surface area (Å²) in [7, 11) is 3.19. The third-order valence-electron chi connectivity index (χ3n) is 1.83. The molecule has 0 aliphatic heterocycles. The van der Waals surface area contributed by atoms with Crippen molar-refractivity contribution in [1.82, 2.24) is 0 Å². The van der Waals surface area contributed by atoms with E-state index in [1.165, 1.54) is 0 Å². The highest BCUT2D eigenvalue weighted by Crippen LogP contribution is 2.12. The van der Waals surface area contributed by atoms with Crippen molar-refractivity contribution in [3.63, 3.8) is 0 Å². The Morgan fingerprint density at radius 3 is 2.33 bits per heavy atom. The molecule has 0 bridgehead atoms. The summed E-state index contributed by atoms with van der Waals surface area (Å²) in [4.78, 5) is 0. The van der Waals surface area contributed by atoms with E-state index in [0.29, 0.717) is 6.61 Å². The molecule has 0 aromatic carbocycles. The molecule has 12 heavy (non-hydrogen) atoms. The summed E-state index contributed by atoms with van der Waals surface area (Å²) in [5.41, 5.74) is 0. The molecule has 3 atom stereocenters. The molecule has 0 aromatic rings. The van der Waals surface area contributed by atoms with Gasteiger partial charge in [-0.1, -0.05) is 6.08 Å². The summed E-state index contributed by atoms with van der Waals surface area (Å²) in [6.07, 6.45) is 1.00. The quantitative estimate of drug-likeness (QED) is 0.606. The van der Waals surface area contributed by atoms with Gasteiger partial charge in [-0.05, 0) is 6.92 Å². The minimum Gasteiger partial charge on any atom is -0.391 e. The fourth-order valence-electron chi connectivity index (χ4n) is 1.22. The van der Waals surface area contributed by atoms with E-state index in [-0.39, 0.29) is 12.0 Å². The van der Waals surface area contributed by atoms with E-state index in [0.717, 1.165) is 0 Å². The van der Waals surface area contributed by atoms with Gasteiger partial charge in [-0.25, -0.2) is 0 Å². The summed E-state index contributed by atoms with van der Waals surface area (Å²) >= 11 is 0. The number of hydrogen-bond donors (Lipinski definition) is 1. The number of aliphatic hydroxyl groups is 1. The van der Waals surface area contributed by atoms with E-state index in [1.54, 1.807) is 27.2 Å². The van der Waals surface area contributed by atoms with Crippen LogP contribution in [-0.2, 0) is 9.47 Å². The molecule has 0 heterocycles. The van der Waals surface area contributed by atoms with Gasteiger partial charge in [-0.15, -0.1) is 6.58 Å². The molecule has 72 valence electrons. The monoisotopic (exact) mass is 174 g/mol. The number of hydrogen-bond acceptors (Lipinski definition) is 3. The SMILES string of the molecule is C=CC(COC)C(OC)C(C)O. The van der Waals surface area contributed by atoms with Crippen LogP contribution in [0.15, 0.2) is 12.7 Å². The maximum absolute atomic E-state index is 9.31. The average molecular weight is 174 g/mol. The molecule has 0 saturated carbocycles. The first-order chi connectivity index (χ1) is 5.67. The fourth-order valence-corrected chi connectivity index (χ4v) is 1.22. The van der Waals surface area contributed by atoms with Gasteiger partial charge in [0.15, 0.2) is 0 Å². The minimum absolute atomic E-state index is 0.0417. The molecule has 3 heteroatoms. The van der Waals surface area contributed by atoms with Crippen molar-refractivity contribution in [3.8, 4) is 0 Å². The van der Waals surface area contributed by atoms with Crippen molar-refractivity contribution < 1.29 is 14.6 Å². The van der Waals surface area contributed by atoms with Crippen LogP contribution in [0, 0.1) is 5.92 Å². The normalized spacial score (nSPS) is 18.3. The molecule has 1 N–H and O–H groups in total. The third kappa shape index (κ3) is 3.34. The Balaban J connectivity index is 4.12. The summed E-state index contributed by atoms with van der Waals surface area (Å²) in [6.45, 7) is 5.88. The fraction of sp³-hybridized carbons (Fsp3) is 0.778. The lowest BCUT2D eigenvalue weighted by molar-refractivity contribution is -0.0419. The smallest absolute Gasteiger partial charge is 0.0911 e. The van der Waals surface area contributed by atoms with E-state index >= 15 is 0 Å². The van der Waals surface area contributed by atoms with Crippen LogP contribution in [0.5, 0.6) is 0 Å². The Hall–Kier alpha value is -0.380. The zero-order chi connectivity index (χ0) is 9.56. The average Bonchev–Trinajstić information content (AvgIpc) is 2.03. The molecule has 0 aromatic heterocycles. The highest BCUT2D eigenvalue weighted by Gasteiger charge is 2.22. The van der Waals surface area contributed by atoms with Gasteiger partial charge in [0.25, 0.3) is 0 Å². The maximum atomic E-state index is 9.31. The van der Waals surface area contributed by atoms with Crippen LogP contribution in [0.1, 0.15) is 6.92 Å². The number of methoxy groups -OCH3 is 2. The first-order valence-corrected chi connectivity index (χ1v) is 3.99. The van der Waals surface area contributed by atoms with Crippen molar-refractivity contribution in [1.29, 1.82) is 0 Å².